The predicted octanol–water partition coefficient (Wildman–Crippen LogP) is 1.77. The minimum atomic E-state index is -3.14. The second-order valence-corrected chi connectivity index (χ2v) is 7.20. The molecule has 2 rings (SSSR count). The molecule has 1 aliphatic carbocycles. The van der Waals surface area contributed by atoms with Gasteiger partial charge in [0.1, 0.15) is 6.29 Å². The maximum atomic E-state index is 11.4. The van der Waals surface area contributed by atoms with Crippen molar-refractivity contribution in [2.45, 2.75) is 11.2 Å². The highest BCUT2D eigenvalue weighted by atomic mass is 79.9. The lowest BCUT2D eigenvalue weighted by Crippen LogP contribution is -2.07. The van der Waals surface area contributed by atoms with Crippen LogP contribution in [-0.4, -0.2) is 26.2 Å². The second kappa shape index (κ2) is 3.96. The third-order valence-corrected chi connectivity index (χ3v) is 5.04. The normalized spacial score (nSPS) is 28.8. The van der Waals surface area contributed by atoms with Crippen LogP contribution in [0.15, 0.2) is 28.7 Å². The first-order valence-electron chi connectivity index (χ1n) is 4.85. The number of hydrogen-bond donors (Lipinski definition) is 0. The van der Waals surface area contributed by atoms with E-state index in [-0.39, 0.29) is 11.8 Å². The molecule has 5 heteroatoms. The zero-order valence-electron chi connectivity index (χ0n) is 8.63. The SMILES string of the molecule is CS(=O)(=O)C1C(C=O)C1c1ccc(Br)cc1. The van der Waals surface area contributed by atoms with E-state index in [0.717, 1.165) is 16.3 Å². The minimum absolute atomic E-state index is 0.166. The van der Waals surface area contributed by atoms with Gasteiger partial charge in [0.2, 0.25) is 0 Å². The number of hydrogen-bond acceptors (Lipinski definition) is 3. The monoisotopic (exact) mass is 302 g/mol. The highest BCUT2D eigenvalue weighted by Gasteiger charge is 2.57. The van der Waals surface area contributed by atoms with Crippen LogP contribution in [0.1, 0.15) is 11.5 Å². The molecule has 0 aromatic heterocycles. The van der Waals surface area contributed by atoms with Crippen LogP contribution in [0.4, 0.5) is 0 Å². The molecule has 0 aliphatic heterocycles. The molecule has 0 amide bonds. The van der Waals surface area contributed by atoms with Crippen molar-refractivity contribution >= 4 is 32.1 Å². The highest BCUT2D eigenvalue weighted by Crippen LogP contribution is 2.50. The van der Waals surface area contributed by atoms with Gasteiger partial charge in [0, 0.05) is 22.6 Å². The Morgan fingerprint density at radius 1 is 1.25 bits per heavy atom. The topological polar surface area (TPSA) is 51.2 Å². The van der Waals surface area contributed by atoms with Crippen molar-refractivity contribution in [1.29, 1.82) is 0 Å². The number of benzene rings is 1. The Bertz CT molecular complexity index is 507. The van der Waals surface area contributed by atoms with Crippen LogP contribution in [0.5, 0.6) is 0 Å². The number of halogens is 1. The molecule has 3 unspecified atom stereocenters. The van der Waals surface area contributed by atoms with Gasteiger partial charge >= 0.3 is 0 Å². The van der Waals surface area contributed by atoms with Gasteiger partial charge in [-0.2, -0.15) is 0 Å². The van der Waals surface area contributed by atoms with Gasteiger partial charge in [0.25, 0.3) is 0 Å². The van der Waals surface area contributed by atoms with E-state index in [9.17, 15) is 13.2 Å². The van der Waals surface area contributed by atoms with Gasteiger partial charge in [-0.05, 0) is 17.7 Å². The molecule has 1 fully saturated rings. The van der Waals surface area contributed by atoms with Crippen molar-refractivity contribution in [2.24, 2.45) is 5.92 Å². The molecule has 3 nitrogen and oxygen atoms in total. The quantitative estimate of drug-likeness (QED) is 0.800. The summed E-state index contributed by atoms with van der Waals surface area (Å²) in [5.74, 6) is -0.545. The van der Waals surface area contributed by atoms with Crippen molar-refractivity contribution in [3.05, 3.63) is 34.3 Å². The van der Waals surface area contributed by atoms with Crippen molar-refractivity contribution in [2.75, 3.05) is 6.26 Å². The van der Waals surface area contributed by atoms with E-state index in [1.807, 2.05) is 24.3 Å². The number of rotatable bonds is 3. The van der Waals surface area contributed by atoms with E-state index in [1.54, 1.807) is 0 Å². The largest absolute Gasteiger partial charge is 0.303 e. The summed E-state index contributed by atoms with van der Waals surface area (Å²) < 4.78 is 23.8. The smallest absolute Gasteiger partial charge is 0.151 e. The summed E-state index contributed by atoms with van der Waals surface area (Å²) in [4.78, 5) is 10.8. The van der Waals surface area contributed by atoms with Gasteiger partial charge in [0.05, 0.1) is 5.25 Å². The summed E-state index contributed by atoms with van der Waals surface area (Å²) in [5, 5.41) is -0.536. The Balaban J connectivity index is 2.30. The van der Waals surface area contributed by atoms with E-state index < -0.39 is 15.1 Å². The van der Waals surface area contributed by atoms with Crippen LogP contribution in [0, 0.1) is 5.92 Å². The summed E-state index contributed by atoms with van der Waals surface area (Å²) >= 11 is 3.31. The second-order valence-electron chi connectivity index (χ2n) is 4.08. The van der Waals surface area contributed by atoms with E-state index in [1.165, 1.54) is 6.26 Å². The number of aldehydes is 1. The fourth-order valence-electron chi connectivity index (χ4n) is 2.12. The average molecular weight is 303 g/mol. The van der Waals surface area contributed by atoms with E-state index in [0.29, 0.717) is 0 Å². The molecule has 0 radical (unpaired) electrons. The third kappa shape index (κ3) is 2.06. The molecule has 1 aliphatic rings. The van der Waals surface area contributed by atoms with Crippen molar-refractivity contribution in [3.8, 4) is 0 Å². The maximum absolute atomic E-state index is 11.4. The molecule has 0 spiro atoms. The molecule has 1 aromatic rings. The number of sulfone groups is 1. The molecule has 1 saturated carbocycles. The summed E-state index contributed by atoms with van der Waals surface area (Å²) in [5.41, 5.74) is 0.913. The highest BCUT2D eigenvalue weighted by molar-refractivity contribution is 9.10. The summed E-state index contributed by atoms with van der Waals surface area (Å²) in [6.45, 7) is 0. The standard InChI is InChI=1S/C11H11BrO3S/c1-16(14,15)11-9(6-13)10(11)7-2-4-8(12)5-3-7/h2-6,9-11H,1H3. The maximum Gasteiger partial charge on any atom is 0.151 e. The first-order valence-corrected chi connectivity index (χ1v) is 7.59. The molecular weight excluding hydrogens is 292 g/mol. The Hall–Kier alpha value is -0.680. The lowest BCUT2D eigenvalue weighted by molar-refractivity contribution is -0.108. The zero-order valence-corrected chi connectivity index (χ0v) is 11.0. The predicted molar refractivity (Wildman–Crippen MR) is 65.1 cm³/mol. The van der Waals surface area contributed by atoms with Crippen LogP contribution in [0.3, 0.4) is 0 Å². The Labute approximate surface area is 103 Å². The van der Waals surface area contributed by atoms with Gasteiger partial charge in [-0.3, -0.25) is 0 Å². The van der Waals surface area contributed by atoms with Crippen LogP contribution in [0.25, 0.3) is 0 Å². The third-order valence-electron chi connectivity index (χ3n) is 2.91. The van der Waals surface area contributed by atoms with Crippen LogP contribution in [0.2, 0.25) is 0 Å². The molecule has 16 heavy (non-hydrogen) atoms. The minimum Gasteiger partial charge on any atom is -0.303 e. The molecule has 86 valence electrons. The Morgan fingerprint density at radius 2 is 1.81 bits per heavy atom. The number of carbonyl (C=O) groups is 1. The number of carbonyl (C=O) groups excluding carboxylic acids is 1. The van der Waals surface area contributed by atoms with E-state index >= 15 is 0 Å². The lowest BCUT2D eigenvalue weighted by atomic mass is 10.1. The lowest BCUT2D eigenvalue weighted by Gasteiger charge is -1.99. The van der Waals surface area contributed by atoms with Crippen LogP contribution < -0.4 is 0 Å². The van der Waals surface area contributed by atoms with Crippen molar-refractivity contribution in [1.82, 2.24) is 0 Å². The van der Waals surface area contributed by atoms with Crippen LogP contribution in [-0.2, 0) is 14.6 Å². The molecular formula is C11H11BrO3S. The summed E-state index contributed by atoms with van der Waals surface area (Å²) in [6.07, 6.45) is 1.94. The van der Waals surface area contributed by atoms with Crippen LogP contribution >= 0.6 is 15.9 Å². The van der Waals surface area contributed by atoms with Gasteiger partial charge in [-0.25, -0.2) is 8.42 Å². The zero-order chi connectivity index (χ0) is 11.9. The van der Waals surface area contributed by atoms with Crippen molar-refractivity contribution < 1.29 is 13.2 Å². The summed E-state index contributed by atoms with van der Waals surface area (Å²) in [6, 6.07) is 7.43. The first-order chi connectivity index (χ1) is 7.45. The van der Waals surface area contributed by atoms with Crippen molar-refractivity contribution in [3.63, 3.8) is 0 Å². The summed E-state index contributed by atoms with van der Waals surface area (Å²) in [7, 11) is -3.14. The molecule has 3 atom stereocenters. The van der Waals surface area contributed by atoms with E-state index in [4.69, 9.17) is 0 Å². The molecule has 1 aromatic carbocycles. The van der Waals surface area contributed by atoms with E-state index in [2.05, 4.69) is 15.9 Å². The molecule has 0 bridgehead atoms. The van der Waals surface area contributed by atoms with Gasteiger partial charge in [-0.15, -0.1) is 0 Å². The fourth-order valence-corrected chi connectivity index (χ4v) is 3.97. The van der Waals surface area contributed by atoms with Gasteiger partial charge in [-0.1, -0.05) is 28.1 Å². The first kappa shape index (κ1) is 11.8. The fraction of sp³-hybridized carbons (Fsp3) is 0.364. The van der Waals surface area contributed by atoms with Gasteiger partial charge in [0.15, 0.2) is 9.84 Å². The average Bonchev–Trinajstić information content (AvgIpc) is 2.92. The van der Waals surface area contributed by atoms with Gasteiger partial charge < -0.3 is 4.79 Å². The molecule has 0 heterocycles. The molecule has 0 N–H and O–H groups in total. The Kier molecular flexibility index (Phi) is 2.92. The Morgan fingerprint density at radius 3 is 2.19 bits per heavy atom. The molecule has 0 saturated heterocycles.